The van der Waals surface area contributed by atoms with Gasteiger partial charge >= 0.3 is 6.18 Å². The molecule has 0 aliphatic heterocycles. The fourth-order valence-electron chi connectivity index (χ4n) is 1.75. The van der Waals surface area contributed by atoms with E-state index >= 15 is 0 Å². The van der Waals surface area contributed by atoms with E-state index in [2.05, 4.69) is 10.6 Å². The summed E-state index contributed by atoms with van der Waals surface area (Å²) in [6.45, 7) is 1.27. The Morgan fingerprint density at radius 3 is 2.52 bits per heavy atom. The van der Waals surface area contributed by atoms with Gasteiger partial charge in [0.2, 0.25) is 0 Å². The number of halogens is 3. The minimum absolute atomic E-state index is 0.0539. The van der Waals surface area contributed by atoms with Crippen molar-refractivity contribution in [3.8, 4) is 0 Å². The molecule has 1 atom stereocenters. The molecule has 0 heterocycles. The van der Waals surface area contributed by atoms with E-state index < -0.39 is 35.2 Å². The van der Waals surface area contributed by atoms with Crippen LogP contribution in [0.1, 0.15) is 23.7 Å². The number of benzene rings is 1. The van der Waals surface area contributed by atoms with Crippen molar-refractivity contribution in [2.45, 2.75) is 25.6 Å². The zero-order valence-corrected chi connectivity index (χ0v) is 11.3. The summed E-state index contributed by atoms with van der Waals surface area (Å²) < 4.78 is 36.8. The number of hydrogen-bond acceptors (Lipinski definition) is 4. The van der Waals surface area contributed by atoms with Crippen LogP contribution in [0, 0.1) is 10.1 Å². The Hall–Kier alpha value is -2.32. The first-order chi connectivity index (χ1) is 9.64. The van der Waals surface area contributed by atoms with Crippen LogP contribution >= 0.6 is 0 Å². The molecule has 0 saturated carbocycles. The van der Waals surface area contributed by atoms with E-state index in [4.69, 9.17) is 0 Å². The number of rotatable bonds is 5. The third-order valence-electron chi connectivity index (χ3n) is 2.62. The Bertz CT molecular complexity index is 546. The molecule has 1 aromatic rings. The topological polar surface area (TPSA) is 84.3 Å². The molecule has 1 amide bonds. The van der Waals surface area contributed by atoms with Gasteiger partial charge < -0.3 is 10.6 Å². The number of anilines is 1. The maximum absolute atomic E-state index is 12.3. The highest BCUT2D eigenvalue weighted by atomic mass is 19.4. The molecule has 6 nitrogen and oxygen atoms in total. The zero-order valence-electron chi connectivity index (χ0n) is 11.3. The van der Waals surface area contributed by atoms with E-state index in [9.17, 15) is 28.1 Å². The third-order valence-corrected chi connectivity index (χ3v) is 2.62. The Balaban J connectivity index is 3.02. The number of nitro groups is 1. The highest BCUT2D eigenvalue weighted by molar-refractivity contribution is 5.95. The fourth-order valence-corrected chi connectivity index (χ4v) is 1.75. The lowest BCUT2D eigenvalue weighted by atomic mass is 10.1. The van der Waals surface area contributed by atoms with Gasteiger partial charge in [-0.25, -0.2) is 0 Å². The molecule has 0 saturated heterocycles. The number of nitrogens with zero attached hydrogens (tertiary/aromatic N) is 1. The van der Waals surface area contributed by atoms with Crippen LogP contribution in [-0.4, -0.2) is 30.1 Å². The second-order valence-corrected chi connectivity index (χ2v) is 4.43. The Kier molecular flexibility index (Phi) is 5.12. The third kappa shape index (κ3) is 4.93. The number of nitrogens with one attached hydrogen (secondary N) is 2. The minimum Gasteiger partial charge on any atom is -0.377 e. The predicted octanol–water partition coefficient (Wildman–Crippen LogP) is 2.71. The van der Waals surface area contributed by atoms with Crippen molar-refractivity contribution in [1.82, 2.24) is 5.32 Å². The maximum atomic E-state index is 12.3. The van der Waals surface area contributed by atoms with Gasteiger partial charge in [0.15, 0.2) is 0 Å². The summed E-state index contributed by atoms with van der Waals surface area (Å²) in [6.07, 6.45) is -5.50. The first-order valence-electron chi connectivity index (χ1n) is 5.98. The maximum Gasteiger partial charge on any atom is 0.391 e. The lowest BCUT2D eigenvalue weighted by Gasteiger charge is -2.17. The van der Waals surface area contributed by atoms with Crippen LogP contribution in [0.3, 0.4) is 0 Å². The van der Waals surface area contributed by atoms with E-state index in [1.165, 1.54) is 26.1 Å². The van der Waals surface area contributed by atoms with Gasteiger partial charge in [0.05, 0.1) is 11.3 Å². The van der Waals surface area contributed by atoms with Crippen molar-refractivity contribution >= 4 is 17.3 Å². The molecule has 0 aliphatic carbocycles. The number of alkyl halides is 3. The summed E-state index contributed by atoms with van der Waals surface area (Å²) in [4.78, 5) is 21.6. The van der Waals surface area contributed by atoms with Gasteiger partial charge in [0.25, 0.3) is 11.6 Å². The smallest absolute Gasteiger partial charge is 0.377 e. The van der Waals surface area contributed by atoms with E-state index in [-0.39, 0.29) is 11.3 Å². The second-order valence-electron chi connectivity index (χ2n) is 4.43. The van der Waals surface area contributed by atoms with Crippen LogP contribution in [-0.2, 0) is 0 Å². The molecule has 21 heavy (non-hydrogen) atoms. The summed E-state index contributed by atoms with van der Waals surface area (Å²) in [6, 6.07) is 2.50. The molecule has 0 fully saturated rings. The van der Waals surface area contributed by atoms with Crippen molar-refractivity contribution in [2.75, 3.05) is 12.4 Å². The zero-order chi connectivity index (χ0) is 16.2. The van der Waals surface area contributed by atoms with Gasteiger partial charge in [-0.1, -0.05) is 0 Å². The normalized spacial score (nSPS) is 12.6. The highest BCUT2D eigenvalue weighted by Crippen LogP contribution is 2.29. The molecule has 0 aliphatic rings. The van der Waals surface area contributed by atoms with Crippen molar-refractivity contribution in [2.24, 2.45) is 0 Å². The molecule has 116 valence electrons. The van der Waals surface area contributed by atoms with Crippen molar-refractivity contribution in [3.05, 3.63) is 33.9 Å². The van der Waals surface area contributed by atoms with E-state index in [0.29, 0.717) is 0 Å². The van der Waals surface area contributed by atoms with E-state index in [1.54, 1.807) is 0 Å². The monoisotopic (exact) mass is 305 g/mol. The minimum atomic E-state index is -4.37. The van der Waals surface area contributed by atoms with Crippen molar-refractivity contribution < 1.29 is 22.9 Å². The molecule has 0 spiro atoms. The summed E-state index contributed by atoms with van der Waals surface area (Å²) in [5.74, 6) is -0.520. The molecular weight excluding hydrogens is 291 g/mol. The van der Waals surface area contributed by atoms with Crippen molar-refractivity contribution in [3.63, 3.8) is 0 Å². The first kappa shape index (κ1) is 16.7. The molecule has 0 aromatic heterocycles. The number of carbonyl (C=O) groups excluding carboxylic acids is 1. The standard InChI is InChI=1S/C12H14F3N3O3/c1-7(6-12(13,14)15)17-9-4-3-8(11(19)16-2)5-10(9)18(20)21/h3-5,7,17H,6H2,1-2H3,(H,16,19). The molecule has 1 unspecified atom stereocenters. The van der Waals surface area contributed by atoms with Crippen LogP contribution in [0.2, 0.25) is 0 Å². The average molecular weight is 305 g/mol. The molecule has 0 bridgehead atoms. The summed E-state index contributed by atoms with van der Waals surface area (Å²) in [7, 11) is 1.37. The Morgan fingerprint density at radius 1 is 1.43 bits per heavy atom. The average Bonchev–Trinajstić information content (AvgIpc) is 2.35. The number of hydrogen-bond donors (Lipinski definition) is 2. The van der Waals surface area contributed by atoms with Gasteiger partial charge in [-0.15, -0.1) is 0 Å². The number of amides is 1. The molecule has 1 rings (SSSR count). The molecule has 1 aromatic carbocycles. The second kappa shape index (κ2) is 6.42. The van der Waals surface area contributed by atoms with Crippen LogP contribution in [0.5, 0.6) is 0 Å². The number of carbonyl (C=O) groups is 1. The fraction of sp³-hybridized carbons (Fsp3) is 0.417. The van der Waals surface area contributed by atoms with E-state index in [1.807, 2.05) is 0 Å². The van der Waals surface area contributed by atoms with Gasteiger partial charge in [-0.05, 0) is 19.1 Å². The molecule has 0 radical (unpaired) electrons. The Morgan fingerprint density at radius 2 is 2.05 bits per heavy atom. The van der Waals surface area contributed by atoms with Gasteiger partial charge in [-0.3, -0.25) is 14.9 Å². The van der Waals surface area contributed by atoms with Gasteiger partial charge in [0.1, 0.15) is 5.69 Å². The van der Waals surface area contributed by atoms with Crippen LogP contribution in [0.15, 0.2) is 18.2 Å². The van der Waals surface area contributed by atoms with Crippen LogP contribution in [0.4, 0.5) is 24.5 Å². The van der Waals surface area contributed by atoms with Gasteiger partial charge in [0, 0.05) is 24.7 Å². The largest absolute Gasteiger partial charge is 0.391 e. The lowest BCUT2D eigenvalue weighted by Crippen LogP contribution is -2.24. The first-order valence-corrected chi connectivity index (χ1v) is 5.98. The van der Waals surface area contributed by atoms with Crippen LogP contribution < -0.4 is 10.6 Å². The quantitative estimate of drug-likeness (QED) is 0.647. The molecule has 2 N–H and O–H groups in total. The summed E-state index contributed by atoms with van der Waals surface area (Å²) in [5.41, 5.74) is -0.465. The van der Waals surface area contributed by atoms with E-state index in [0.717, 1.165) is 6.07 Å². The Labute approximate surface area is 118 Å². The van der Waals surface area contributed by atoms with Gasteiger partial charge in [-0.2, -0.15) is 13.2 Å². The lowest BCUT2D eigenvalue weighted by molar-refractivity contribution is -0.384. The summed E-state index contributed by atoms with van der Waals surface area (Å²) >= 11 is 0. The predicted molar refractivity (Wildman–Crippen MR) is 70.2 cm³/mol. The summed E-state index contributed by atoms with van der Waals surface area (Å²) in [5, 5.41) is 15.7. The van der Waals surface area contributed by atoms with Crippen LogP contribution in [0.25, 0.3) is 0 Å². The SMILES string of the molecule is CNC(=O)c1ccc(NC(C)CC(F)(F)F)c([N+](=O)[O-])c1. The molecular formula is C12H14F3N3O3. The molecule has 9 heteroatoms. The number of nitro benzene ring substituents is 1. The van der Waals surface area contributed by atoms with Crippen molar-refractivity contribution in [1.29, 1.82) is 0 Å². The highest BCUT2D eigenvalue weighted by Gasteiger charge is 2.30.